The number of Topliss-reactive ketones (excluding diaryl/α,β-unsaturated/α-hetero) is 1. The van der Waals surface area contributed by atoms with Gasteiger partial charge >= 0.3 is 0 Å². The second-order valence-corrected chi connectivity index (χ2v) is 4.15. The Kier molecular flexibility index (Phi) is 3.04. The molecule has 0 heterocycles. The van der Waals surface area contributed by atoms with Crippen LogP contribution in [-0.4, -0.2) is 18.6 Å². The van der Waals surface area contributed by atoms with E-state index >= 15 is 0 Å². The van der Waals surface area contributed by atoms with Gasteiger partial charge in [-0.05, 0) is 37.0 Å². The number of carbonyl (C=O) groups excluding carboxylic acids is 2. The molecule has 16 heavy (non-hydrogen) atoms. The molecule has 0 saturated heterocycles. The quantitative estimate of drug-likeness (QED) is 0.789. The van der Waals surface area contributed by atoms with Crippen molar-refractivity contribution in [1.29, 1.82) is 0 Å². The van der Waals surface area contributed by atoms with Crippen LogP contribution in [0.25, 0.3) is 0 Å². The fourth-order valence-electron chi connectivity index (χ4n) is 2.15. The number of hydrogen-bond acceptors (Lipinski definition) is 3. The first kappa shape index (κ1) is 10.9. The van der Waals surface area contributed by atoms with Crippen molar-refractivity contribution >= 4 is 17.8 Å². The van der Waals surface area contributed by atoms with Crippen molar-refractivity contribution in [1.82, 2.24) is 0 Å². The molecule has 1 N–H and O–H groups in total. The third-order valence-electron chi connectivity index (χ3n) is 2.98. The van der Waals surface area contributed by atoms with Crippen molar-refractivity contribution in [3.63, 3.8) is 0 Å². The summed E-state index contributed by atoms with van der Waals surface area (Å²) in [5, 5.41) is 3.01. The van der Waals surface area contributed by atoms with E-state index in [4.69, 9.17) is 0 Å². The highest BCUT2D eigenvalue weighted by molar-refractivity contribution is 5.99. The third kappa shape index (κ3) is 1.98. The summed E-state index contributed by atoms with van der Waals surface area (Å²) in [7, 11) is 0. The molecule has 0 fully saturated rings. The van der Waals surface area contributed by atoms with Crippen LogP contribution in [0, 0.1) is 6.92 Å². The van der Waals surface area contributed by atoms with Gasteiger partial charge < -0.3 is 10.1 Å². The first-order valence-electron chi connectivity index (χ1n) is 5.56. The number of hydrogen-bond donors (Lipinski definition) is 1. The number of carbonyl (C=O) groups is 2. The monoisotopic (exact) mass is 217 g/mol. The largest absolute Gasteiger partial charge is 0.378 e. The molecule has 0 unspecified atom stereocenters. The molecule has 1 aromatic carbocycles. The smallest absolute Gasteiger partial charge is 0.163 e. The summed E-state index contributed by atoms with van der Waals surface area (Å²) in [4.78, 5) is 22.0. The van der Waals surface area contributed by atoms with Crippen LogP contribution in [0.3, 0.4) is 0 Å². The van der Waals surface area contributed by atoms with E-state index in [-0.39, 0.29) is 12.3 Å². The second kappa shape index (κ2) is 4.47. The Bertz CT molecular complexity index is 438. The Hall–Kier alpha value is -1.64. The molecule has 0 spiro atoms. The normalized spacial score (nSPS) is 14.4. The summed E-state index contributed by atoms with van der Waals surface area (Å²) in [6.07, 6.45) is 3.39. The Balaban J connectivity index is 2.37. The minimum absolute atomic E-state index is 0.218. The van der Waals surface area contributed by atoms with Crippen molar-refractivity contribution < 1.29 is 9.59 Å². The first-order chi connectivity index (χ1) is 7.72. The maximum atomic E-state index is 11.7. The average Bonchev–Trinajstić information content (AvgIpc) is 2.27. The van der Waals surface area contributed by atoms with Crippen LogP contribution in [0.2, 0.25) is 0 Å². The summed E-state index contributed by atoms with van der Waals surface area (Å²) in [6.45, 7) is 2.28. The molecule has 1 aliphatic rings. The number of aldehydes is 1. The highest BCUT2D eigenvalue weighted by atomic mass is 16.1. The highest BCUT2D eigenvalue weighted by Gasteiger charge is 2.18. The Morgan fingerprint density at radius 2 is 2.19 bits per heavy atom. The lowest BCUT2D eigenvalue weighted by atomic mass is 9.89. The van der Waals surface area contributed by atoms with Crippen LogP contribution in [-0.2, 0) is 11.2 Å². The van der Waals surface area contributed by atoms with Gasteiger partial charge in [-0.1, -0.05) is 6.07 Å². The summed E-state index contributed by atoms with van der Waals surface area (Å²) >= 11 is 0. The van der Waals surface area contributed by atoms with Crippen LogP contribution in [0.15, 0.2) is 12.1 Å². The molecule has 0 radical (unpaired) electrons. The van der Waals surface area contributed by atoms with Crippen molar-refractivity contribution in [3.8, 4) is 0 Å². The SMILES string of the molecule is Cc1cc2c(cc1NCC=O)C(=O)CCC2. The summed E-state index contributed by atoms with van der Waals surface area (Å²) in [6, 6.07) is 3.94. The summed E-state index contributed by atoms with van der Waals surface area (Å²) in [5.41, 5.74) is 3.95. The zero-order chi connectivity index (χ0) is 11.5. The van der Waals surface area contributed by atoms with E-state index in [9.17, 15) is 9.59 Å². The predicted molar refractivity (Wildman–Crippen MR) is 63.0 cm³/mol. The van der Waals surface area contributed by atoms with Gasteiger partial charge in [0.05, 0.1) is 6.54 Å². The zero-order valence-electron chi connectivity index (χ0n) is 9.38. The minimum atomic E-state index is 0.218. The van der Waals surface area contributed by atoms with E-state index in [1.54, 1.807) is 0 Å². The number of rotatable bonds is 3. The maximum absolute atomic E-state index is 11.7. The zero-order valence-corrected chi connectivity index (χ0v) is 9.38. The summed E-state index contributed by atoms with van der Waals surface area (Å²) < 4.78 is 0. The van der Waals surface area contributed by atoms with Gasteiger partial charge in [0.1, 0.15) is 6.29 Å². The van der Waals surface area contributed by atoms with Gasteiger partial charge in [-0.3, -0.25) is 4.79 Å². The van der Waals surface area contributed by atoms with Crippen LogP contribution in [0.4, 0.5) is 5.69 Å². The summed E-state index contributed by atoms with van der Waals surface area (Å²) in [5.74, 6) is 0.218. The van der Waals surface area contributed by atoms with Crippen molar-refractivity contribution in [2.75, 3.05) is 11.9 Å². The molecule has 3 heteroatoms. The maximum Gasteiger partial charge on any atom is 0.163 e. The lowest BCUT2D eigenvalue weighted by molar-refractivity contribution is -0.106. The van der Waals surface area contributed by atoms with Crippen molar-refractivity contribution in [2.24, 2.45) is 0 Å². The molecule has 0 amide bonds. The lowest BCUT2D eigenvalue weighted by Crippen LogP contribution is -2.13. The van der Waals surface area contributed by atoms with E-state index in [0.29, 0.717) is 6.42 Å². The number of nitrogens with one attached hydrogen (secondary N) is 1. The number of benzene rings is 1. The minimum Gasteiger partial charge on any atom is -0.378 e. The predicted octanol–water partition coefficient (Wildman–Crippen LogP) is 2.12. The molecular formula is C13H15NO2. The Morgan fingerprint density at radius 1 is 1.38 bits per heavy atom. The van der Waals surface area contributed by atoms with Crippen LogP contribution in [0.1, 0.15) is 34.3 Å². The van der Waals surface area contributed by atoms with E-state index in [0.717, 1.165) is 41.5 Å². The fraction of sp³-hybridized carbons (Fsp3) is 0.385. The van der Waals surface area contributed by atoms with Crippen LogP contribution in [0.5, 0.6) is 0 Å². The molecule has 0 atom stereocenters. The van der Waals surface area contributed by atoms with Gasteiger partial charge in [-0.15, -0.1) is 0 Å². The van der Waals surface area contributed by atoms with Crippen molar-refractivity contribution in [3.05, 3.63) is 28.8 Å². The Morgan fingerprint density at radius 3 is 2.94 bits per heavy atom. The van der Waals surface area contributed by atoms with Crippen LogP contribution >= 0.6 is 0 Å². The molecule has 84 valence electrons. The van der Waals surface area contributed by atoms with Gasteiger partial charge in [0.25, 0.3) is 0 Å². The van der Waals surface area contributed by atoms with Gasteiger partial charge in [0.15, 0.2) is 5.78 Å². The third-order valence-corrected chi connectivity index (χ3v) is 2.98. The molecule has 0 aliphatic heterocycles. The topological polar surface area (TPSA) is 46.2 Å². The fourth-order valence-corrected chi connectivity index (χ4v) is 2.15. The number of fused-ring (bicyclic) bond motifs is 1. The standard InChI is InChI=1S/C13H15NO2/c1-9-7-10-3-2-4-13(16)11(10)8-12(9)14-5-6-15/h6-8,14H,2-5H2,1H3. The van der Waals surface area contributed by atoms with Crippen molar-refractivity contribution in [2.45, 2.75) is 26.2 Å². The molecule has 1 aromatic rings. The van der Waals surface area contributed by atoms with E-state index in [1.807, 2.05) is 13.0 Å². The first-order valence-corrected chi connectivity index (χ1v) is 5.56. The second-order valence-electron chi connectivity index (χ2n) is 4.15. The molecule has 0 aromatic heterocycles. The molecule has 0 bridgehead atoms. The van der Waals surface area contributed by atoms with Gasteiger partial charge in [-0.25, -0.2) is 0 Å². The van der Waals surface area contributed by atoms with Gasteiger partial charge in [0.2, 0.25) is 0 Å². The lowest BCUT2D eigenvalue weighted by Gasteiger charge is -2.18. The number of anilines is 1. The molecule has 0 saturated carbocycles. The molecule has 2 rings (SSSR count). The highest BCUT2D eigenvalue weighted by Crippen LogP contribution is 2.27. The van der Waals surface area contributed by atoms with Gasteiger partial charge in [-0.2, -0.15) is 0 Å². The van der Waals surface area contributed by atoms with E-state index in [2.05, 4.69) is 11.4 Å². The van der Waals surface area contributed by atoms with Crippen LogP contribution < -0.4 is 5.32 Å². The molecule has 3 nitrogen and oxygen atoms in total. The van der Waals surface area contributed by atoms with E-state index in [1.165, 1.54) is 0 Å². The number of aryl methyl sites for hydroxylation is 2. The van der Waals surface area contributed by atoms with Gasteiger partial charge in [0, 0.05) is 17.7 Å². The average molecular weight is 217 g/mol. The van der Waals surface area contributed by atoms with E-state index < -0.39 is 0 Å². The molecule has 1 aliphatic carbocycles. The Labute approximate surface area is 94.9 Å². The number of ketones is 1. The molecular weight excluding hydrogens is 202 g/mol.